The van der Waals surface area contributed by atoms with Gasteiger partial charge in [-0.2, -0.15) is 26.3 Å². The van der Waals surface area contributed by atoms with Crippen LogP contribution in [0.3, 0.4) is 0 Å². The Morgan fingerprint density at radius 1 is 1.09 bits per heavy atom. The van der Waals surface area contributed by atoms with Crippen LogP contribution in [0.25, 0.3) is 11.3 Å². The second-order valence-corrected chi connectivity index (χ2v) is 7.44. The minimum Gasteiger partial charge on any atom is -0.464 e. The van der Waals surface area contributed by atoms with Crippen molar-refractivity contribution in [2.45, 2.75) is 45.3 Å². The molecule has 0 amide bonds. The second-order valence-electron chi connectivity index (χ2n) is 7.44. The quantitative estimate of drug-likeness (QED) is 0.258. The van der Waals surface area contributed by atoms with E-state index in [-0.39, 0.29) is 12.1 Å². The summed E-state index contributed by atoms with van der Waals surface area (Å²) in [5.41, 5.74) is 0.290. The molecule has 1 aromatic carbocycles. The van der Waals surface area contributed by atoms with Crippen LogP contribution in [0, 0.1) is 18.6 Å². The number of nitrogens with one attached hydrogen (secondary N) is 2. The fourth-order valence-corrected chi connectivity index (χ4v) is 3.25. The van der Waals surface area contributed by atoms with Crippen molar-refractivity contribution >= 4 is 5.69 Å². The summed E-state index contributed by atoms with van der Waals surface area (Å²) >= 11 is 0. The zero-order chi connectivity index (χ0) is 25.8. The number of alkyl halides is 6. The highest BCUT2D eigenvalue weighted by Gasteiger charge is 2.42. The molecule has 0 radical (unpaired) electrons. The maximum absolute atomic E-state index is 15.0. The highest BCUT2D eigenvalue weighted by atomic mass is 19.4. The molecule has 5 nitrogen and oxygen atoms in total. The molecule has 2 aromatic rings. The smallest absolute Gasteiger partial charge is 0.425 e. The van der Waals surface area contributed by atoms with Gasteiger partial charge in [-0.25, -0.2) is 13.8 Å². The molecule has 4 N–H and O–H groups in total. The first-order valence-corrected chi connectivity index (χ1v) is 10.2. The van der Waals surface area contributed by atoms with Crippen molar-refractivity contribution in [3.8, 4) is 17.1 Å². The molecule has 0 aliphatic carbocycles. The van der Waals surface area contributed by atoms with Gasteiger partial charge in [-0.05, 0) is 38.1 Å². The maximum Gasteiger partial charge on any atom is 0.425 e. The van der Waals surface area contributed by atoms with Crippen LogP contribution in [0.1, 0.15) is 30.0 Å². The molecule has 0 fully saturated rings. The molecule has 34 heavy (non-hydrogen) atoms. The van der Waals surface area contributed by atoms with Crippen molar-refractivity contribution in [3.05, 3.63) is 40.5 Å². The first kappa shape index (κ1) is 27.6. The van der Waals surface area contributed by atoms with Gasteiger partial charge in [0.05, 0.1) is 11.3 Å². The number of nitrogen functional groups attached to an aromatic ring is 1. The van der Waals surface area contributed by atoms with Crippen molar-refractivity contribution in [1.82, 2.24) is 15.6 Å². The Labute approximate surface area is 190 Å². The molecule has 0 saturated carbocycles. The zero-order valence-corrected chi connectivity index (χ0v) is 18.5. The van der Waals surface area contributed by atoms with E-state index in [1.807, 2.05) is 0 Å². The van der Waals surface area contributed by atoms with E-state index in [1.165, 1.54) is 6.92 Å². The predicted molar refractivity (Wildman–Crippen MR) is 110 cm³/mol. The Morgan fingerprint density at radius 3 is 2.26 bits per heavy atom. The van der Waals surface area contributed by atoms with E-state index < -0.39 is 70.5 Å². The maximum atomic E-state index is 15.0. The van der Waals surface area contributed by atoms with Gasteiger partial charge >= 0.3 is 12.4 Å². The minimum absolute atomic E-state index is 0.139. The number of pyridine rings is 1. The fraction of sp³-hybridized carbons (Fsp3) is 0.476. The van der Waals surface area contributed by atoms with Crippen molar-refractivity contribution in [2.24, 2.45) is 0 Å². The van der Waals surface area contributed by atoms with E-state index in [4.69, 9.17) is 10.5 Å². The summed E-state index contributed by atoms with van der Waals surface area (Å²) in [7, 11) is 1.66. The molecular weight excluding hydrogens is 476 g/mol. The van der Waals surface area contributed by atoms with Crippen LogP contribution in [-0.4, -0.2) is 37.4 Å². The van der Waals surface area contributed by atoms with Crippen LogP contribution in [0.15, 0.2) is 12.1 Å². The van der Waals surface area contributed by atoms with Gasteiger partial charge in [0.25, 0.3) is 0 Å². The van der Waals surface area contributed by atoms with E-state index >= 15 is 0 Å². The Kier molecular flexibility index (Phi) is 8.70. The lowest BCUT2D eigenvalue weighted by atomic mass is 9.96. The number of hydrogen-bond donors (Lipinski definition) is 3. The lowest BCUT2D eigenvalue weighted by Gasteiger charge is -2.23. The molecule has 1 heterocycles. The molecular formula is C21H24F8N4O. The fourth-order valence-electron chi connectivity index (χ4n) is 3.25. The number of halogens is 8. The Morgan fingerprint density at radius 2 is 1.74 bits per heavy atom. The largest absolute Gasteiger partial charge is 0.464 e. The lowest BCUT2D eigenvalue weighted by Crippen LogP contribution is -2.34. The van der Waals surface area contributed by atoms with Gasteiger partial charge in [-0.15, -0.1) is 0 Å². The summed E-state index contributed by atoms with van der Waals surface area (Å²) < 4.78 is 115. The zero-order valence-electron chi connectivity index (χ0n) is 18.5. The number of nitrogens with zero attached hydrogens (tertiary/aromatic N) is 1. The summed E-state index contributed by atoms with van der Waals surface area (Å²) in [6.45, 7) is 2.66. The van der Waals surface area contributed by atoms with Gasteiger partial charge in [0.1, 0.15) is 17.3 Å². The second kappa shape index (κ2) is 10.7. The third-order valence-corrected chi connectivity index (χ3v) is 4.94. The molecule has 1 unspecified atom stereocenters. The summed E-state index contributed by atoms with van der Waals surface area (Å²) in [4.78, 5) is 3.70. The molecule has 13 heteroatoms. The molecule has 0 bridgehead atoms. The van der Waals surface area contributed by atoms with Crippen molar-refractivity contribution in [3.63, 3.8) is 0 Å². The number of nitrogens with two attached hydrogens (primary N) is 1. The highest BCUT2D eigenvalue weighted by molar-refractivity contribution is 5.72. The SMILES string of the molecule is CCC(Oc1nc(-c2cc(N)c(F)c(C)c2C(F)(F)F)c(F)cc1CNCCNC)C(F)(F)F. The number of ether oxygens (including phenoxy) is 1. The number of likely N-dealkylation sites (N-methyl/N-ethyl adjacent to an activating group) is 1. The summed E-state index contributed by atoms with van der Waals surface area (Å²) in [6.07, 6.45) is -12.8. The average Bonchev–Trinajstić information content (AvgIpc) is 2.72. The molecule has 1 atom stereocenters. The number of benzene rings is 1. The molecule has 0 aliphatic rings. The molecule has 0 saturated heterocycles. The normalized spacial score (nSPS) is 13.3. The molecule has 190 valence electrons. The third kappa shape index (κ3) is 6.26. The molecule has 0 aliphatic heterocycles. The van der Waals surface area contributed by atoms with E-state index in [9.17, 15) is 35.1 Å². The van der Waals surface area contributed by atoms with Gasteiger partial charge in [-0.3, -0.25) is 0 Å². The number of anilines is 1. The Hall–Kier alpha value is -2.67. The molecule has 1 aromatic heterocycles. The van der Waals surface area contributed by atoms with Crippen LogP contribution in [0.2, 0.25) is 0 Å². The predicted octanol–water partition coefficient (Wildman–Crippen LogP) is 4.96. The summed E-state index contributed by atoms with van der Waals surface area (Å²) in [5, 5.41) is 5.67. The van der Waals surface area contributed by atoms with E-state index in [0.717, 1.165) is 13.0 Å². The van der Waals surface area contributed by atoms with Crippen molar-refractivity contribution in [1.29, 1.82) is 0 Å². The van der Waals surface area contributed by atoms with Gasteiger partial charge in [-0.1, -0.05) is 6.92 Å². The average molecular weight is 500 g/mol. The monoisotopic (exact) mass is 500 g/mol. The lowest BCUT2D eigenvalue weighted by molar-refractivity contribution is -0.196. The number of rotatable bonds is 9. The Balaban J connectivity index is 2.71. The summed E-state index contributed by atoms with van der Waals surface area (Å²) in [6, 6.07) is 1.29. The van der Waals surface area contributed by atoms with Gasteiger partial charge < -0.3 is 21.1 Å². The van der Waals surface area contributed by atoms with Crippen molar-refractivity contribution < 1.29 is 39.9 Å². The van der Waals surface area contributed by atoms with Crippen LogP contribution in [0.4, 0.5) is 40.8 Å². The first-order chi connectivity index (χ1) is 15.7. The number of hydrogen-bond acceptors (Lipinski definition) is 5. The first-order valence-electron chi connectivity index (χ1n) is 10.2. The van der Waals surface area contributed by atoms with E-state index in [2.05, 4.69) is 15.6 Å². The highest BCUT2D eigenvalue weighted by Crippen LogP contribution is 2.43. The summed E-state index contributed by atoms with van der Waals surface area (Å²) in [5.74, 6) is -3.32. The molecule has 2 rings (SSSR count). The molecule has 0 spiro atoms. The van der Waals surface area contributed by atoms with Gasteiger partial charge in [0.15, 0.2) is 6.10 Å². The van der Waals surface area contributed by atoms with E-state index in [1.54, 1.807) is 7.05 Å². The van der Waals surface area contributed by atoms with Crippen LogP contribution in [-0.2, 0) is 12.7 Å². The minimum atomic E-state index is -5.13. The van der Waals surface area contributed by atoms with Gasteiger partial charge in [0, 0.05) is 30.8 Å². The van der Waals surface area contributed by atoms with Crippen LogP contribution in [0.5, 0.6) is 5.88 Å². The third-order valence-electron chi connectivity index (χ3n) is 4.94. The Bertz CT molecular complexity index is 1010. The van der Waals surface area contributed by atoms with Gasteiger partial charge in [0.2, 0.25) is 5.88 Å². The van der Waals surface area contributed by atoms with Crippen LogP contribution >= 0.6 is 0 Å². The van der Waals surface area contributed by atoms with E-state index in [0.29, 0.717) is 19.2 Å². The number of aromatic nitrogens is 1. The van der Waals surface area contributed by atoms with Crippen LogP contribution < -0.4 is 21.1 Å². The van der Waals surface area contributed by atoms with Crippen molar-refractivity contribution in [2.75, 3.05) is 25.9 Å². The standard InChI is InChI=1S/C21H24F8N4O/c1-4-15(20(24,25)26)34-19-11(9-32-6-5-31-3)7-13(22)18(33-19)12-8-14(30)17(23)10(2)16(12)21(27,28)29/h7-8,15,31-32H,4-6,9,30H2,1-3H3. The topological polar surface area (TPSA) is 72.2 Å².